The Kier molecular flexibility index (Phi) is 5.22. The van der Waals surface area contributed by atoms with Gasteiger partial charge >= 0.3 is 17.6 Å². The average molecular weight is 444 g/mol. The molecule has 0 bridgehead atoms. The molecule has 4 rings (SSSR count). The minimum atomic E-state index is -4.72. The summed E-state index contributed by atoms with van der Waals surface area (Å²) in [4.78, 5) is 41.0. The first-order valence-electron chi connectivity index (χ1n) is 9.33. The monoisotopic (exact) mass is 444 g/mol. The minimum absolute atomic E-state index is 0.0664. The van der Waals surface area contributed by atoms with E-state index in [9.17, 15) is 27.6 Å². The smallest absolute Gasteiger partial charge is 0.376 e. The van der Waals surface area contributed by atoms with Crippen LogP contribution in [0.25, 0.3) is 10.2 Å². The van der Waals surface area contributed by atoms with Gasteiger partial charge in [0.2, 0.25) is 0 Å². The number of aryl methyl sites for hydroxylation is 1. The molecule has 8 nitrogen and oxygen atoms in total. The highest BCUT2D eigenvalue weighted by molar-refractivity contribution is 7.18. The van der Waals surface area contributed by atoms with Crippen molar-refractivity contribution in [2.75, 3.05) is 6.61 Å². The van der Waals surface area contributed by atoms with Gasteiger partial charge in [-0.2, -0.15) is 13.2 Å². The molecule has 1 unspecified atom stereocenters. The first-order valence-corrected chi connectivity index (χ1v) is 10.1. The maximum Gasteiger partial charge on any atom is 0.406 e. The molecule has 1 aliphatic rings. The maximum atomic E-state index is 13.1. The summed E-state index contributed by atoms with van der Waals surface area (Å²) in [6, 6.07) is 0. The van der Waals surface area contributed by atoms with Crippen LogP contribution in [0.2, 0.25) is 0 Å². The topological polar surface area (TPSA) is 91.0 Å². The quantitative estimate of drug-likeness (QED) is 0.650. The number of H-pyrrole nitrogens is 1. The molecule has 1 atom stereocenters. The number of nitrogens with one attached hydrogen (secondary N) is 1. The zero-order valence-corrected chi connectivity index (χ0v) is 16.8. The molecule has 30 heavy (non-hydrogen) atoms. The normalized spacial score (nSPS) is 17.3. The van der Waals surface area contributed by atoms with Crippen molar-refractivity contribution < 1.29 is 17.9 Å². The van der Waals surface area contributed by atoms with E-state index in [2.05, 4.69) is 4.98 Å². The number of imidazole rings is 1. The average Bonchev–Trinajstić information content (AvgIpc) is 3.38. The predicted octanol–water partition coefficient (Wildman–Crippen LogP) is 1.81. The number of thiophene rings is 1. The molecule has 0 radical (unpaired) electrons. The molecule has 0 spiro atoms. The lowest BCUT2D eigenvalue weighted by Crippen LogP contribution is -2.44. The van der Waals surface area contributed by atoms with Crippen molar-refractivity contribution in [3.8, 4) is 0 Å². The summed E-state index contributed by atoms with van der Waals surface area (Å²) in [5.41, 5.74) is -1.87. The molecule has 3 aromatic heterocycles. The molecule has 1 N–H and O–H groups in total. The Morgan fingerprint density at radius 3 is 2.63 bits per heavy atom. The van der Waals surface area contributed by atoms with E-state index in [-0.39, 0.29) is 34.8 Å². The lowest BCUT2D eigenvalue weighted by atomic mass is 10.2. The molecular weight excluding hydrogens is 425 g/mol. The summed E-state index contributed by atoms with van der Waals surface area (Å²) in [5.74, 6) is 0. The number of aromatic nitrogens is 4. The molecule has 12 heteroatoms. The van der Waals surface area contributed by atoms with Gasteiger partial charge in [-0.25, -0.2) is 9.59 Å². The Morgan fingerprint density at radius 2 is 2.03 bits per heavy atom. The van der Waals surface area contributed by atoms with Crippen LogP contribution in [-0.2, 0) is 24.4 Å². The summed E-state index contributed by atoms with van der Waals surface area (Å²) in [6.45, 7) is 0.688. The highest BCUT2D eigenvalue weighted by Crippen LogP contribution is 2.29. The molecule has 3 aromatic rings. The second kappa shape index (κ2) is 7.58. The highest BCUT2D eigenvalue weighted by Gasteiger charge is 2.32. The van der Waals surface area contributed by atoms with Gasteiger partial charge in [-0.05, 0) is 25.3 Å². The van der Waals surface area contributed by atoms with Crippen LogP contribution in [0.3, 0.4) is 0 Å². The largest absolute Gasteiger partial charge is 0.406 e. The van der Waals surface area contributed by atoms with Gasteiger partial charge in [-0.3, -0.25) is 18.5 Å². The molecule has 0 aliphatic carbocycles. The lowest BCUT2D eigenvalue weighted by Gasteiger charge is -2.16. The molecule has 1 saturated heterocycles. The van der Waals surface area contributed by atoms with Crippen molar-refractivity contribution in [1.82, 2.24) is 18.7 Å². The third-order valence-electron chi connectivity index (χ3n) is 5.18. The van der Waals surface area contributed by atoms with Crippen LogP contribution in [0.4, 0.5) is 13.2 Å². The maximum absolute atomic E-state index is 13.1. The van der Waals surface area contributed by atoms with Crippen LogP contribution in [0.5, 0.6) is 0 Å². The number of fused-ring (bicyclic) bond motifs is 1. The van der Waals surface area contributed by atoms with E-state index in [1.807, 2.05) is 0 Å². The highest BCUT2D eigenvalue weighted by atomic mass is 32.1. The summed E-state index contributed by atoms with van der Waals surface area (Å²) in [6.07, 6.45) is -0.537. The molecule has 0 saturated carbocycles. The van der Waals surface area contributed by atoms with Crippen molar-refractivity contribution >= 4 is 21.6 Å². The standard InChI is InChI=1S/C18H19F3N4O4S/c1-10-12(8-23-5-4-22-16(23)27)30-15-13(10)14(26)25(9-18(19,20)21)17(28)24(15)7-11-3-2-6-29-11/h4-5,11H,2-3,6-9H2,1H3,(H,22,27). The fourth-order valence-electron chi connectivity index (χ4n) is 3.69. The van der Waals surface area contributed by atoms with Gasteiger partial charge in [0.05, 0.1) is 24.6 Å². The van der Waals surface area contributed by atoms with Crippen molar-refractivity contribution in [1.29, 1.82) is 0 Å². The van der Waals surface area contributed by atoms with E-state index in [1.165, 1.54) is 21.5 Å². The van der Waals surface area contributed by atoms with E-state index < -0.39 is 24.0 Å². The summed E-state index contributed by atoms with van der Waals surface area (Å²) >= 11 is 1.14. The Hall–Kier alpha value is -2.60. The Morgan fingerprint density at radius 1 is 1.27 bits per heavy atom. The van der Waals surface area contributed by atoms with Crippen LogP contribution in [0.1, 0.15) is 23.3 Å². The van der Waals surface area contributed by atoms with Crippen LogP contribution in [-0.4, -0.2) is 37.6 Å². The van der Waals surface area contributed by atoms with Gasteiger partial charge in [-0.15, -0.1) is 11.3 Å². The number of nitrogens with zero attached hydrogens (tertiary/aromatic N) is 3. The molecule has 0 aromatic carbocycles. The summed E-state index contributed by atoms with van der Waals surface area (Å²) in [5, 5.41) is 0.0698. The molecule has 0 amide bonds. The van der Waals surface area contributed by atoms with Crippen LogP contribution in [0.15, 0.2) is 26.8 Å². The number of rotatable bonds is 5. The van der Waals surface area contributed by atoms with Gasteiger partial charge in [0.25, 0.3) is 5.56 Å². The zero-order chi connectivity index (χ0) is 21.6. The second-order valence-corrected chi connectivity index (χ2v) is 8.34. The van der Waals surface area contributed by atoms with E-state index in [0.717, 1.165) is 17.8 Å². The number of hydrogen-bond donors (Lipinski definition) is 1. The number of hydrogen-bond acceptors (Lipinski definition) is 5. The van der Waals surface area contributed by atoms with Crippen LogP contribution in [0, 0.1) is 6.92 Å². The van der Waals surface area contributed by atoms with E-state index in [1.54, 1.807) is 6.92 Å². The molecule has 1 fully saturated rings. The van der Waals surface area contributed by atoms with Crippen LogP contribution < -0.4 is 16.9 Å². The number of alkyl halides is 3. The second-order valence-electron chi connectivity index (χ2n) is 7.26. The lowest BCUT2D eigenvalue weighted by molar-refractivity contribution is -0.141. The summed E-state index contributed by atoms with van der Waals surface area (Å²) in [7, 11) is 0. The molecule has 162 valence electrons. The minimum Gasteiger partial charge on any atom is -0.376 e. The van der Waals surface area contributed by atoms with Crippen molar-refractivity contribution in [3.63, 3.8) is 0 Å². The van der Waals surface area contributed by atoms with Gasteiger partial charge in [-0.1, -0.05) is 0 Å². The van der Waals surface area contributed by atoms with Gasteiger partial charge in [0.15, 0.2) is 0 Å². The summed E-state index contributed by atoms with van der Waals surface area (Å²) < 4.78 is 47.6. The predicted molar refractivity (Wildman–Crippen MR) is 104 cm³/mol. The Labute approximate surface area is 171 Å². The van der Waals surface area contributed by atoms with E-state index in [0.29, 0.717) is 28.3 Å². The third kappa shape index (κ3) is 3.76. The first kappa shape index (κ1) is 20.7. The number of ether oxygens (including phenoxy) is 1. The van der Waals surface area contributed by atoms with Gasteiger partial charge in [0, 0.05) is 23.9 Å². The molecule has 4 heterocycles. The third-order valence-corrected chi connectivity index (χ3v) is 6.48. The van der Waals surface area contributed by atoms with E-state index >= 15 is 0 Å². The van der Waals surface area contributed by atoms with Crippen LogP contribution >= 0.6 is 11.3 Å². The number of halogens is 3. The van der Waals surface area contributed by atoms with Gasteiger partial charge in [0.1, 0.15) is 11.4 Å². The fourth-order valence-corrected chi connectivity index (χ4v) is 4.99. The van der Waals surface area contributed by atoms with Crippen molar-refractivity contribution in [3.05, 3.63) is 54.2 Å². The van der Waals surface area contributed by atoms with Gasteiger partial charge < -0.3 is 9.72 Å². The van der Waals surface area contributed by atoms with Crippen molar-refractivity contribution in [2.45, 2.75) is 51.7 Å². The molecule has 1 aliphatic heterocycles. The fraction of sp³-hybridized carbons (Fsp3) is 0.500. The first-order chi connectivity index (χ1) is 14.2. The van der Waals surface area contributed by atoms with E-state index in [4.69, 9.17) is 4.74 Å². The SMILES string of the molecule is Cc1c(Cn2cc[nH]c2=O)sc2c1c(=O)n(CC(F)(F)F)c(=O)n2CC1CCCO1. The Bertz CT molecular complexity index is 1260. The Balaban J connectivity index is 1.92. The van der Waals surface area contributed by atoms with Crippen molar-refractivity contribution in [2.24, 2.45) is 0 Å². The zero-order valence-electron chi connectivity index (χ0n) is 16.0. The number of aromatic amines is 1. The molecular formula is C18H19F3N4O4S.